The van der Waals surface area contributed by atoms with Crippen LogP contribution in [0.4, 0.5) is 19.0 Å². The van der Waals surface area contributed by atoms with E-state index in [-0.39, 0.29) is 10.7 Å². The van der Waals surface area contributed by atoms with Crippen molar-refractivity contribution >= 4 is 23.1 Å². The van der Waals surface area contributed by atoms with E-state index in [0.29, 0.717) is 18.7 Å². The topological polar surface area (TPSA) is 75.1 Å². The Hall–Kier alpha value is -2.16. The van der Waals surface area contributed by atoms with Gasteiger partial charge in [-0.25, -0.2) is 9.97 Å². The quantitative estimate of drug-likeness (QED) is 0.912. The van der Waals surface area contributed by atoms with Crippen molar-refractivity contribution in [1.29, 1.82) is 0 Å². The predicted octanol–water partition coefficient (Wildman–Crippen LogP) is 3.08. The first-order valence-corrected chi connectivity index (χ1v) is 6.65. The number of amides is 1. The number of alkyl halides is 3. The summed E-state index contributed by atoms with van der Waals surface area (Å²) in [6.45, 7) is 1.87. The zero-order chi connectivity index (χ0) is 15.6. The second-order valence-electron chi connectivity index (χ2n) is 4.01. The van der Waals surface area contributed by atoms with Gasteiger partial charge in [0, 0.05) is 0 Å². The number of nitrogens with one attached hydrogen (secondary N) is 1. The number of aromatic nitrogens is 2. The summed E-state index contributed by atoms with van der Waals surface area (Å²) in [5, 5.41) is 12.1. The summed E-state index contributed by atoms with van der Waals surface area (Å²) < 4.78 is 37.9. The minimum absolute atomic E-state index is 0.273. The van der Waals surface area contributed by atoms with Gasteiger partial charge in [0.15, 0.2) is 0 Å². The molecule has 0 atom stereocenters. The van der Waals surface area contributed by atoms with Crippen molar-refractivity contribution in [2.75, 3.05) is 5.32 Å². The Bertz CT molecular complexity index is 670. The molecule has 2 heterocycles. The van der Waals surface area contributed by atoms with Gasteiger partial charge in [-0.3, -0.25) is 4.79 Å². The van der Waals surface area contributed by atoms with Crippen molar-refractivity contribution in [3.63, 3.8) is 0 Å². The van der Waals surface area contributed by atoms with Gasteiger partial charge in [-0.1, -0.05) is 6.92 Å². The number of carbonyl (C=O) groups excluding carboxylic acids is 1. The van der Waals surface area contributed by atoms with Crippen molar-refractivity contribution in [2.45, 2.75) is 19.5 Å². The summed E-state index contributed by atoms with van der Waals surface area (Å²) in [5.74, 6) is -1.89. The van der Waals surface area contributed by atoms with Crippen molar-refractivity contribution < 1.29 is 23.1 Å². The van der Waals surface area contributed by atoms with Gasteiger partial charge < -0.3 is 10.4 Å². The second-order valence-corrected chi connectivity index (χ2v) is 5.13. The second kappa shape index (κ2) is 5.68. The molecule has 0 bridgehead atoms. The number of aromatic hydroxyl groups is 1. The van der Waals surface area contributed by atoms with E-state index in [1.807, 2.05) is 6.92 Å². The first-order chi connectivity index (χ1) is 9.81. The number of anilines is 1. The summed E-state index contributed by atoms with van der Waals surface area (Å²) in [7, 11) is 0. The molecule has 0 radical (unpaired) electrons. The van der Waals surface area contributed by atoms with Gasteiger partial charge in [0.1, 0.15) is 22.0 Å². The molecule has 0 spiro atoms. The van der Waals surface area contributed by atoms with E-state index in [0.717, 1.165) is 16.3 Å². The molecule has 0 saturated carbocycles. The van der Waals surface area contributed by atoms with Crippen LogP contribution >= 0.6 is 11.3 Å². The lowest BCUT2D eigenvalue weighted by atomic mass is 10.2. The van der Waals surface area contributed by atoms with Crippen molar-refractivity contribution in [3.05, 3.63) is 33.9 Å². The zero-order valence-corrected chi connectivity index (χ0v) is 11.5. The lowest BCUT2D eigenvalue weighted by Crippen LogP contribution is -2.13. The van der Waals surface area contributed by atoms with Gasteiger partial charge in [0.25, 0.3) is 5.91 Å². The molecule has 21 heavy (non-hydrogen) atoms. The monoisotopic (exact) mass is 317 g/mol. The van der Waals surface area contributed by atoms with Crippen molar-refractivity contribution in [2.24, 2.45) is 0 Å². The van der Waals surface area contributed by atoms with Crippen LogP contribution < -0.4 is 5.32 Å². The lowest BCUT2D eigenvalue weighted by Gasteiger charge is -2.10. The molecule has 2 aromatic heterocycles. The third kappa shape index (κ3) is 3.48. The number of hydrogen-bond donors (Lipinski definition) is 2. The highest BCUT2D eigenvalue weighted by atomic mass is 32.1. The van der Waals surface area contributed by atoms with Crippen LogP contribution in [-0.2, 0) is 12.6 Å². The first kappa shape index (κ1) is 15.2. The first-order valence-electron chi connectivity index (χ1n) is 5.83. The molecule has 112 valence electrons. The molecule has 5 nitrogen and oxygen atoms in total. The average Bonchev–Trinajstić information content (AvgIpc) is 2.88. The third-order valence-corrected chi connectivity index (χ3v) is 3.65. The maximum Gasteiger partial charge on any atom is 0.420 e. The number of rotatable bonds is 3. The number of nitrogens with zero attached hydrogens (tertiary/aromatic N) is 2. The average molecular weight is 317 g/mol. The number of halogens is 3. The van der Waals surface area contributed by atoms with E-state index in [1.54, 1.807) is 0 Å². The molecule has 0 fully saturated rings. The highest BCUT2D eigenvalue weighted by molar-refractivity contribution is 7.13. The summed E-state index contributed by atoms with van der Waals surface area (Å²) in [6, 6.07) is 0.578. The van der Waals surface area contributed by atoms with Gasteiger partial charge in [-0.05, 0) is 12.5 Å². The summed E-state index contributed by atoms with van der Waals surface area (Å²) >= 11 is 1.15. The SMILES string of the molecule is CCc1ncc(C(=O)Nc2cc(C(F)(F)F)c(O)cn2)s1. The maximum absolute atomic E-state index is 12.6. The Balaban J connectivity index is 2.21. The molecular weight excluding hydrogens is 307 g/mol. The molecule has 9 heteroatoms. The molecule has 0 aliphatic carbocycles. The number of pyridine rings is 1. The van der Waals surface area contributed by atoms with E-state index in [4.69, 9.17) is 5.11 Å². The van der Waals surface area contributed by atoms with E-state index < -0.39 is 23.4 Å². The molecule has 0 aliphatic heterocycles. The van der Waals surface area contributed by atoms with Gasteiger partial charge >= 0.3 is 6.18 Å². The smallest absolute Gasteiger partial charge is 0.420 e. The van der Waals surface area contributed by atoms with Crippen LogP contribution in [0.3, 0.4) is 0 Å². The molecular formula is C12H10F3N3O2S. The Morgan fingerprint density at radius 3 is 2.67 bits per heavy atom. The van der Waals surface area contributed by atoms with Crippen LogP contribution in [0.15, 0.2) is 18.5 Å². The Kier molecular flexibility index (Phi) is 4.12. The Labute approximate surface area is 121 Å². The van der Waals surface area contributed by atoms with Crippen molar-refractivity contribution in [3.8, 4) is 5.75 Å². The van der Waals surface area contributed by atoms with Crippen LogP contribution in [0.1, 0.15) is 27.2 Å². The minimum Gasteiger partial charge on any atom is -0.506 e. The van der Waals surface area contributed by atoms with Crippen LogP contribution in [0.5, 0.6) is 5.75 Å². The lowest BCUT2D eigenvalue weighted by molar-refractivity contribution is -0.138. The Morgan fingerprint density at radius 1 is 1.38 bits per heavy atom. The maximum atomic E-state index is 12.6. The fourth-order valence-corrected chi connectivity index (χ4v) is 2.25. The van der Waals surface area contributed by atoms with Gasteiger partial charge in [-0.15, -0.1) is 11.3 Å². The molecule has 0 unspecified atom stereocenters. The minimum atomic E-state index is -4.73. The summed E-state index contributed by atoms with van der Waals surface area (Å²) in [5.41, 5.74) is -1.26. The Morgan fingerprint density at radius 2 is 2.10 bits per heavy atom. The molecule has 2 rings (SSSR count). The summed E-state index contributed by atoms with van der Waals surface area (Å²) in [6.07, 6.45) is -2.08. The van der Waals surface area contributed by atoms with Crippen molar-refractivity contribution in [1.82, 2.24) is 9.97 Å². The normalized spacial score (nSPS) is 11.4. The predicted molar refractivity (Wildman–Crippen MR) is 70.3 cm³/mol. The largest absolute Gasteiger partial charge is 0.506 e. The number of aryl methyl sites for hydroxylation is 1. The fourth-order valence-electron chi connectivity index (χ4n) is 1.50. The molecule has 2 aromatic rings. The number of thiazole rings is 1. The van der Waals surface area contributed by atoms with Gasteiger partial charge in [0.05, 0.1) is 17.4 Å². The standard InChI is InChI=1S/C12H10F3N3O2S/c1-2-10-17-5-8(21-10)11(20)18-9-3-6(12(13,14)15)7(19)4-16-9/h3-5,19H,2H2,1H3,(H,16,18,20). The molecule has 0 aliphatic rings. The van der Waals surface area contributed by atoms with E-state index in [9.17, 15) is 18.0 Å². The highest BCUT2D eigenvalue weighted by Crippen LogP contribution is 2.36. The molecule has 0 aromatic carbocycles. The van der Waals surface area contributed by atoms with Gasteiger partial charge in [-0.2, -0.15) is 13.2 Å². The van der Waals surface area contributed by atoms with Crippen LogP contribution in [0.2, 0.25) is 0 Å². The van der Waals surface area contributed by atoms with E-state index in [1.165, 1.54) is 6.20 Å². The zero-order valence-electron chi connectivity index (χ0n) is 10.7. The fraction of sp³-hybridized carbons (Fsp3) is 0.250. The number of carbonyl (C=O) groups is 1. The third-order valence-electron chi connectivity index (χ3n) is 2.51. The van der Waals surface area contributed by atoms with E-state index in [2.05, 4.69) is 15.3 Å². The van der Waals surface area contributed by atoms with Crippen LogP contribution in [-0.4, -0.2) is 21.0 Å². The van der Waals surface area contributed by atoms with Crippen LogP contribution in [0, 0.1) is 0 Å². The molecule has 2 N–H and O–H groups in total. The van der Waals surface area contributed by atoms with Crippen LogP contribution in [0.25, 0.3) is 0 Å². The van der Waals surface area contributed by atoms with E-state index >= 15 is 0 Å². The number of hydrogen-bond acceptors (Lipinski definition) is 5. The molecule has 0 saturated heterocycles. The molecule has 1 amide bonds. The highest BCUT2D eigenvalue weighted by Gasteiger charge is 2.34. The van der Waals surface area contributed by atoms with Gasteiger partial charge in [0.2, 0.25) is 0 Å². The summed E-state index contributed by atoms with van der Waals surface area (Å²) in [4.78, 5) is 19.7.